The zero-order valence-electron chi connectivity index (χ0n) is 14.4. The summed E-state index contributed by atoms with van der Waals surface area (Å²) in [5, 5.41) is 19.4. The molecule has 0 saturated carbocycles. The normalized spacial score (nSPS) is 15.6. The van der Waals surface area contributed by atoms with Crippen LogP contribution >= 0.6 is 0 Å². The number of ketones is 2. The molecule has 0 amide bonds. The van der Waals surface area contributed by atoms with E-state index in [0.717, 1.165) is 0 Å². The Morgan fingerprint density at radius 2 is 1.10 bits per heavy atom. The number of carbonyl (C=O) groups is 2. The van der Waals surface area contributed by atoms with Crippen LogP contribution in [-0.4, -0.2) is 33.0 Å². The second-order valence-corrected chi connectivity index (χ2v) is 7.62. The highest BCUT2D eigenvalue weighted by molar-refractivity contribution is 5.83. The Hall–Kier alpha value is -0.740. The van der Waals surface area contributed by atoms with Gasteiger partial charge in [-0.05, 0) is 47.0 Å². The third kappa shape index (κ3) is 10.6. The summed E-state index contributed by atoms with van der Waals surface area (Å²) in [4.78, 5) is 23.9. The van der Waals surface area contributed by atoms with Gasteiger partial charge >= 0.3 is 0 Å². The third-order valence-corrected chi connectivity index (χ3v) is 3.56. The van der Waals surface area contributed by atoms with Crippen molar-refractivity contribution in [1.29, 1.82) is 0 Å². The molecule has 21 heavy (non-hydrogen) atoms. The molecule has 0 aromatic carbocycles. The standard InChI is InChI=1S/C17H32O4/c1-12(10-16(3,4)20)14(18)8-7-9-15(19)13(2)11-17(5,6)21/h12-13,20-21H,7-11H2,1-6H3. The molecule has 2 atom stereocenters. The first-order chi connectivity index (χ1) is 9.32. The highest BCUT2D eigenvalue weighted by Gasteiger charge is 2.24. The van der Waals surface area contributed by atoms with Crippen LogP contribution in [0.4, 0.5) is 0 Å². The Bertz CT molecular complexity index is 313. The largest absolute Gasteiger partial charge is 0.390 e. The summed E-state index contributed by atoms with van der Waals surface area (Å²) in [7, 11) is 0. The number of rotatable bonds is 10. The average molecular weight is 300 g/mol. The first-order valence-electron chi connectivity index (χ1n) is 7.82. The molecule has 0 aliphatic rings. The van der Waals surface area contributed by atoms with E-state index in [1.165, 1.54) is 0 Å². The van der Waals surface area contributed by atoms with Gasteiger partial charge in [0.2, 0.25) is 0 Å². The number of hydrogen-bond donors (Lipinski definition) is 2. The Kier molecular flexibility index (Phi) is 7.76. The van der Waals surface area contributed by atoms with E-state index >= 15 is 0 Å². The SMILES string of the molecule is CC(CC(C)(C)O)C(=O)CCCC(=O)C(C)CC(C)(C)O. The van der Waals surface area contributed by atoms with Crippen LogP contribution in [0.3, 0.4) is 0 Å². The van der Waals surface area contributed by atoms with Gasteiger partial charge in [0.1, 0.15) is 11.6 Å². The molecule has 0 heterocycles. The lowest BCUT2D eigenvalue weighted by molar-refractivity contribution is -0.125. The fourth-order valence-corrected chi connectivity index (χ4v) is 2.66. The van der Waals surface area contributed by atoms with Crippen molar-refractivity contribution in [3.8, 4) is 0 Å². The Morgan fingerprint density at radius 1 is 0.810 bits per heavy atom. The van der Waals surface area contributed by atoms with E-state index in [4.69, 9.17) is 0 Å². The number of carbonyl (C=O) groups excluding carboxylic acids is 2. The zero-order valence-corrected chi connectivity index (χ0v) is 14.4. The van der Waals surface area contributed by atoms with Gasteiger partial charge in [0.05, 0.1) is 11.2 Å². The van der Waals surface area contributed by atoms with E-state index in [2.05, 4.69) is 0 Å². The predicted octanol–water partition coefficient (Wildman–Crippen LogP) is 2.89. The lowest BCUT2D eigenvalue weighted by Crippen LogP contribution is -2.27. The van der Waals surface area contributed by atoms with Crippen molar-refractivity contribution in [3.05, 3.63) is 0 Å². The molecule has 4 heteroatoms. The molecule has 0 aromatic heterocycles. The fourth-order valence-electron chi connectivity index (χ4n) is 2.66. The maximum atomic E-state index is 11.9. The topological polar surface area (TPSA) is 74.6 Å². The van der Waals surface area contributed by atoms with Gasteiger partial charge in [0.25, 0.3) is 0 Å². The van der Waals surface area contributed by atoms with Crippen molar-refractivity contribution < 1.29 is 19.8 Å². The zero-order chi connectivity index (χ0) is 16.8. The highest BCUT2D eigenvalue weighted by Crippen LogP contribution is 2.21. The minimum absolute atomic E-state index is 0.0973. The number of Topliss-reactive ketones (excluding diaryl/α,β-unsaturated/α-hetero) is 2. The summed E-state index contributed by atoms with van der Waals surface area (Å²) in [6.07, 6.45) is 2.17. The molecule has 0 aromatic rings. The van der Waals surface area contributed by atoms with Gasteiger partial charge < -0.3 is 10.2 Å². The second kappa shape index (κ2) is 8.04. The van der Waals surface area contributed by atoms with Gasteiger partial charge in [-0.15, -0.1) is 0 Å². The summed E-state index contributed by atoms with van der Waals surface area (Å²) >= 11 is 0. The monoisotopic (exact) mass is 300 g/mol. The molecule has 0 saturated heterocycles. The van der Waals surface area contributed by atoms with E-state index in [-0.39, 0.29) is 23.4 Å². The van der Waals surface area contributed by atoms with Gasteiger partial charge in [0, 0.05) is 24.7 Å². The van der Waals surface area contributed by atoms with Crippen LogP contribution in [0.2, 0.25) is 0 Å². The van der Waals surface area contributed by atoms with Crippen molar-refractivity contribution >= 4 is 11.6 Å². The minimum Gasteiger partial charge on any atom is -0.390 e. The van der Waals surface area contributed by atoms with Crippen LogP contribution in [0.5, 0.6) is 0 Å². The molecule has 0 spiro atoms. The molecule has 4 nitrogen and oxygen atoms in total. The first kappa shape index (κ1) is 20.3. The Morgan fingerprint density at radius 3 is 1.33 bits per heavy atom. The molecule has 0 fully saturated rings. The molecule has 0 aliphatic carbocycles. The molecular weight excluding hydrogens is 268 g/mol. The fraction of sp³-hybridized carbons (Fsp3) is 0.882. The van der Waals surface area contributed by atoms with Crippen molar-refractivity contribution in [2.24, 2.45) is 11.8 Å². The quantitative estimate of drug-likeness (QED) is 0.650. The van der Waals surface area contributed by atoms with Crippen LogP contribution in [-0.2, 0) is 9.59 Å². The first-order valence-corrected chi connectivity index (χ1v) is 7.82. The molecule has 2 unspecified atom stereocenters. The summed E-state index contributed by atoms with van der Waals surface area (Å²) in [5.74, 6) is -0.178. The number of aliphatic hydroxyl groups is 2. The Labute approximate surface area is 128 Å². The van der Waals surface area contributed by atoms with E-state index in [1.807, 2.05) is 13.8 Å². The highest BCUT2D eigenvalue weighted by atomic mass is 16.3. The maximum Gasteiger partial charge on any atom is 0.135 e. The van der Waals surface area contributed by atoms with Gasteiger partial charge in [-0.3, -0.25) is 9.59 Å². The molecule has 2 N–H and O–H groups in total. The van der Waals surface area contributed by atoms with Crippen LogP contribution in [0.15, 0.2) is 0 Å². The summed E-state index contributed by atoms with van der Waals surface area (Å²) in [6, 6.07) is 0. The predicted molar refractivity (Wildman–Crippen MR) is 84.0 cm³/mol. The van der Waals surface area contributed by atoms with Crippen molar-refractivity contribution in [2.75, 3.05) is 0 Å². The van der Waals surface area contributed by atoms with Gasteiger partial charge in [0.15, 0.2) is 0 Å². The second-order valence-electron chi connectivity index (χ2n) is 7.62. The molecule has 0 bridgehead atoms. The lowest BCUT2D eigenvalue weighted by atomic mass is 9.88. The minimum atomic E-state index is -0.841. The molecular formula is C17H32O4. The summed E-state index contributed by atoms with van der Waals surface area (Å²) in [6.45, 7) is 10.4. The van der Waals surface area contributed by atoms with E-state index in [1.54, 1.807) is 27.7 Å². The summed E-state index contributed by atoms with van der Waals surface area (Å²) < 4.78 is 0. The van der Waals surface area contributed by atoms with Crippen LogP contribution in [0, 0.1) is 11.8 Å². The van der Waals surface area contributed by atoms with E-state index < -0.39 is 11.2 Å². The van der Waals surface area contributed by atoms with Crippen molar-refractivity contribution in [1.82, 2.24) is 0 Å². The van der Waals surface area contributed by atoms with Gasteiger partial charge in [-0.2, -0.15) is 0 Å². The molecule has 0 aliphatic heterocycles. The molecule has 124 valence electrons. The van der Waals surface area contributed by atoms with Gasteiger partial charge in [-0.25, -0.2) is 0 Å². The van der Waals surface area contributed by atoms with E-state index in [0.29, 0.717) is 32.1 Å². The summed E-state index contributed by atoms with van der Waals surface area (Å²) in [5.41, 5.74) is -1.68. The van der Waals surface area contributed by atoms with Crippen molar-refractivity contribution in [3.63, 3.8) is 0 Å². The van der Waals surface area contributed by atoms with Crippen LogP contribution < -0.4 is 0 Å². The molecule has 0 rings (SSSR count). The maximum absolute atomic E-state index is 11.9. The van der Waals surface area contributed by atoms with Crippen LogP contribution in [0.25, 0.3) is 0 Å². The van der Waals surface area contributed by atoms with Crippen molar-refractivity contribution in [2.45, 2.75) is 84.8 Å². The smallest absolute Gasteiger partial charge is 0.135 e. The van der Waals surface area contributed by atoms with Gasteiger partial charge in [-0.1, -0.05) is 13.8 Å². The lowest BCUT2D eigenvalue weighted by Gasteiger charge is -2.22. The Balaban J connectivity index is 4.08. The third-order valence-electron chi connectivity index (χ3n) is 3.56. The van der Waals surface area contributed by atoms with Crippen LogP contribution in [0.1, 0.15) is 73.6 Å². The van der Waals surface area contributed by atoms with E-state index in [9.17, 15) is 19.8 Å². The average Bonchev–Trinajstić information content (AvgIpc) is 2.23. The molecule has 0 radical (unpaired) electrons. The number of hydrogen-bond acceptors (Lipinski definition) is 4.